The number of ether oxygens (including phenoxy) is 1. The van der Waals surface area contributed by atoms with Crippen LogP contribution in [0.15, 0.2) is 35.2 Å². The van der Waals surface area contributed by atoms with E-state index >= 15 is 0 Å². The standard InChI is InChI=1S/C16H15N7O2/c1-2-11(24-5-1)7-23-8-14(20-22-23)16-19-15(21-25-16)10-3-4-12-13(6-10)18-9-17-12/h3-4,6,8-9,11H,1-2,5,7H2,(H,17,18)/t11-/m0/s1. The molecule has 5 rings (SSSR count). The third kappa shape index (κ3) is 2.68. The summed E-state index contributed by atoms with van der Waals surface area (Å²) < 4.78 is 12.7. The number of aromatic amines is 1. The average molecular weight is 337 g/mol. The minimum absolute atomic E-state index is 0.203. The fourth-order valence-corrected chi connectivity index (χ4v) is 3.00. The van der Waals surface area contributed by atoms with Crippen LogP contribution in [0.1, 0.15) is 12.8 Å². The number of imidazole rings is 1. The lowest BCUT2D eigenvalue weighted by atomic mass is 10.2. The maximum atomic E-state index is 5.61. The van der Waals surface area contributed by atoms with Gasteiger partial charge in [0.15, 0.2) is 5.69 Å². The minimum atomic E-state index is 0.203. The first-order chi connectivity index (χ1) is 12.3. The smallest absolute Gasteiger partial charge is 0.280 e. The number of hydrogen-bond acceptors (Lipinski definition) is 7. The molecular formula is C16H15N7O2. The molecule has 25 heavy (non-hydrogen) atoms. The van der Waals surface area contributed by atoms with Gasteiger partial charge in [0.1, 0.15) is 0 Å². The molecule has 0 saturated carbocycles. The molecule has 1 N–H and O–H groups in total. The normalized spacial score (nSPS) is 17.5. The Morgan fingerprint density at radius 3 is 3.24 bits per heavy atom. The highest BCUT2D eigenvalue weighted by molar-refractivity contribution is 5.80. The first kappa shape index (κ1) is 14.3. The second-order valence-corrected chi connectivity index (χ2v) is 6.02. The first-order valence-corrected chi connectivity index (χ1v) is 8.14. The lowest BCUT2D eigenvalue weighted by molar-refractivity contribution is 0.0935. The molecule has 3 aromatic heterocycles. The predicted molar refractivity (Wildman–Crippen MR) is 87.4 cm³/mol. The molecule has 4 aromatic rings. The highest BCUT2D eigenvalue weighted by atomic mass is 16.5. The van der Waals surface area contributed by atoms with Crippen molar-refractivity contribution >= 4 is 11.0 Å². The summed E-state index contributed by atoms with van der Waals surface area (Å²) in [4.78, 5) is 11.7. The van der Waals surface area contributed by atoms with Gasteiger partial charge >= 0.3 is 0 Å². The molecule has 0 radical (unpaired) electrons. The molecule has 1 aliphatic rings. The molecule has 4 heterocycles. The summed E-state index contributed by atoms with van der Waals surface area (Å²) in [7, 11) is 0. The Kier molecular flexibility index (Phi) is 3.30. The van der Waals surface area contributed by atoms with Gasteiger partial charge in [-0.3, -0.25) is 0 Å². The molecule has 0 unspecified atom stereocenters. The molecule has 1 saturated heterocycles. The fraction of sp³-hybridized carbons (Fsp3) is 0.312. The van der Waals surface area contributed by atoms with Crippen LogP contribution in [-0.4, -0.2) is 47.8 Å². The molecule has 0 spiro atoms. The summed E-state index contributed by atoms with van der Waals surface area (Å²) in [5.74, 6) is 0.846. The van der Waals surface area contributed by atoms with Crippen molar-refractivity contribution in [2.75, 3.05) is 6.61 Å². The molecule has 0 aliphatic carbocycles. The number of rotatable bonds is 4. The third-order valence-electron chi connectivity index (χ3n) is 4.28. The van der Waals surface area contributed by atoms with Crippen molar-refractivity contribution in [1.82, 2.24) is 35.1 Å². The van der Waals surface area contributed by atoms with Gasteiger partial charge in [-0.15, -0.1) is 5.10 Å². The van der Waals surface area contributed by atoms with Crippen molar-refractivity contribution in [3.63, 3.8) is 0 Å². The topological polar surface area (TPSA) is 108 Å². The van der Waals surface area contributed by atoms with Gasteiger partial charge < -0.3 is 14.2 Å². The summed E-state index contributed by atoms with van der Waals surface area (Å²) in [6, 6.07) is 5.76. The number of nitrogens with one attached hydrogen (secondary N) is 1. The first-order valence-electron chi connectivity index (χ1n) is 8.14. The zero-order chi connectivity index (χ0) is 16.6. The Labute approximate surface area is 142 Å². The Bertz CT molecular complexity index is 1010. The average Bonchev–Trinajstić information content (AvgIpc) is 3.41. The number of hydrogen-bond donors (Lipinski definition) is 1. The largest absolute Gasteiger partial charge is 0.376 e. The van der Waals surface area contributed by atoms with Crippen molar-refractivity contribution < 1.29 is 9.26 Å². The highest BCUT2D eigenvalue weighted by Gasteiger charge is 2.19. The third-order valence-corrected chi connectivity index (χ3v) is 4.28. The molecule has 1 aromatic carbocycles. The van der Waals surface area contributed by atoms with Crippen molar-refractivity contribution in [3.8, 4) is 23.0 Å². The molecule has 9 nitrogen and oxygen atoms in total. The number of fused-ring (bicyclic) bond motifs is 1. The van der Waals surface area contributed by atoms with E-state index in [1.165, 1.54) is 0 Å². The van der Waals surface area contributed by atoms with E-state index in [0.29, 0.717) is 24.0 Å². The molecule has 0 bridgehead atoms. The zero-order valence-electron chi connectivity index (χ0n) is 13.3. The number of H-pyrrole nitrogens is 1. The van der Waals surface area contributed by atoms with Crippen molar-refractivity contribution in [2.45, 2.75) is 25.5 Å². The van der Waals surface area contributed by atoms with Crippen LogP contribution >= 0.6 is 0 Å². The van der Waals surface area contributed by atoms with E-state index in [4.69, 9.17) is 9.26 Å². The minimum Gasteiger partial charge on any atom is -0.376 e. The Balaban J connectivity index is 1.39. The van der Waals surface area contributed by atoms with E-state index in [0.717, 1.165) is 36.0 Å². The summed E-state index contributed by atoms with van der Waals surface area (Å²) in [6.45, 7) is 1.50. The zero-order valence-corrected chi connectivity index (χ0v) is 13.3. The predicted octanol–water partition coefficient (Wildman–Crippen LogP) is 2.05. The van der Waals surface area contributed by atoms with Crippen LogP contribution in [0.5, 0.6) is 0 Å². The second-order valence-electron chi connectivity index (χ2n) is 6.02. The van der Waals surface area contributed by atoms with E-state index in [9.17, 15) is 0 Å². The van der Waals surface area contributed by atoms with Crippen LogP contribution in [0.2, 0.25) is 0 Å². The van der Waals surface area contributed by atoms with E-state index in [-0.39, 0.29) is 6.10 Å². The SMILES string of the molecule is c1nc2ccc(-c3noc(-c4cn(C[C@@H]5CCCO5)nn4)n3)cc2[nH]1. The van der Waals surface area contributed by atoms with Crippen LogP contribution < -0.4 is 0 Å². The maximum Gasteiger partial charge on any atom is 0.280 e. The number of nitrogens with zero attached hydrogens (tertiary/aromatic N) is 6. The lowest BCUT2D eigenvalue weighted by Gasteiger charge is -2.07. The number of aromatic nitrogens is 7. The van der Waals surface area contributed by atoms with Gasteiger partial charge in [-0.2, -0.15) is 4.98 Å². The molecule has 1 aliphatic heterocycles. The molecule has 126 valence electrons. The summed E-state index contributed by atoms with van der Waals surface area (Å²) in [5.41, 5.74) is 3.22. The molecule has 1 atom stereocenters. The van der Waals surface area contributed by atoms with E-state index in [2.05, 4.69) is 30.4 Å². The molecule has 0 amide bonds. The van der Waals surface area contributed by atoms with Gasteiger partial charge in [0, 0.05) is 12.2 Å². The van der Waals surface area contributed by atoms with Crippen LogP contribution in [0.25, 0.3) is 34.0 Å². The van der Waals surface area contributed by atoms with E-state index in [1.54, 1.807) is 17.2 Å². The van der Waals surface area contributed by atoms with Crippen molar-refractivity contribution in [3.05, 3.63) is 30.7 Å². The van der Waals surface area contributed by atoms with Gasteiger partial charge in [0.05, 0.1) is 36.2 Å². The Hall–Kier alpha value is -3.07. The van der Waals surface area contributed by atoms with Gasteiger partial charge in [-0.05, 0) is 31.0 Å². The Morgan fingerprint density at radius 1 is 1.32 bits per heavy atom. The summed E-state index contributed by atoms with van der Waals surface area (Å²) in [6.07, 6.45) is 5.81. The summed E-state index contributed by atoms with van der Waals surface area (Å²) >= 11 is 0. The van der Waals surface area contributed by atoms with Gasteiger partial charge in [0.25, 0.3) is 5.89 Å². The van der Waals surface area contributed by atoms with Crippen molar-refractivity contribution in [1.29, 1.82) is 0 Å². The molecule has 9 heteroatoms. The van der Waals surface area contributed by atoms with Crippen LogP contribution in [0, 0.1) is 0 Å². The van der Waals surface area contributed by atoms with Gasteiger partial charge in [-0.1, -0.05) is 10.4 Å². The Morgan fingerprint density at radius 2 is 2.32 bits per heavy atom. The van der Waals surface area contributed by atoms with Crippen LogP contribution in [0.3, 0.4) is 0 Å². The summed E-state index contributed by atoms with van der Waals surface area (Å²) in [5, 5.41) is 12.3. The molecular weight excluding hydrogens is 322 g/mol. The highest BCUT2D eigenvalue weighted by Crippen LogP contribution is 2.23. The lowest BCUT2D eigenvalue weighted by Crippen LogP contribution is -2.15. The van der Waals surface area contributed by atoms with E-state index < -0.39 is 0 Å². The van der Waals surface area contributed by atoms with Gasteiger partial charge in [0.2, 0.25) is 5.82 Å². The quantitative estimate of drug-likeness (QED) is 0.607. The van der Waals surface area contributed by atoms with Crippen molar-refractivity contribution in [2.24, 2.45) is 0 Å². The maximum absolute atomic E-state index is 5.61. The van der Waals surface area contributed by atoms with E-state index in [1.807, 2.05) is 18.2 Å². The second kappa shape index (κ2) is 5.78. The van der Waals surface area contributed by atoms with Crippen LogP contribution in [-0.2, 0) is 11.3 Å². The van der Waals surface area contributed by atoms with Gasteiger partial charge in [-0.25, -0.2) is 9.67 Å². The number of benzene rings is 1. The fourth-order valence-electron chi connectivity index (χ4n) is 3.00. The van der Waals surface area contributed by atoms with Crippen LogP contribution in [0.4, 0.5) is 0 Å². The monoisotopic (exact) mass is 337 g/mol. The molecule has 1 fully saturated rings.